The summed E-state index contributed by atoms with van der Waals surface area (Å²) in [6, 6.07) is 14.1. The van der Waals surface area contributed by atoms with Crippen LogP contribution < -0.4 is 15.5 Å². The summed E-state index contributed by atoms with van der Waals surface area (Å²) < 4.78 is 5.59. The Kier molecular flexibility index (Phi) is 8.69. The van der Waals surface area contributed by atoms with Crippen LogP contribution in [0.5, 0.6) is 0 Å². The summed E-state index contributed by atoms with van der Waals surface area (Å²) in [6.07, 6.45) is 7.37. The van der Waals surface area contributed by atoms with Gasteiger partial charge in [0.2, 0.25) is 5.89 Å². The van der Waals surface area contributed by atoms with Gasteiger partial charge in [0.15, 0.2) is 5.96 Å². The standard InChI is InChI=1S/C23H28N6O.HI/c1-24-23(27-16-20-17-30-22(28-20)19-8-4-2-5-9-19)26-15-18-10-11-25-21(14-18)29-12-6-3-7-13-29;/h2,4-5,8-11,14,17H,3,6-7,12-13,15-16H2,1H3,(H2,24,26,27);1H. The molecule has 0 amide bonds. The van der Waals surface area contributed by atoms with Crippen LogP contribution >= 0.6 is 24.0 Å². The monoisotopic (exact) mass is 532 g/mol. The molecule has 0 atom stereocenters. The molecule has 1 saturated heterocycles. The Hall–Kier alpha value is -2.62. The molecule has 7 nitrogen and oxygen atoms in total. The van der Waals surface area contributed by atoms with E-state index in [1.807, 2.05) is 42.6 Å². The topological polar surface area (TPSA) is 78.6 Å². The molecular formula is C23H29IN6O. The van der Waals surface area contributed by atoms with Crippen molar-refractivity contribution in [1.82, 2.24) is 20.6 Å². The van der Waals surface area contributed by atoms with Gasteiger partial charge in [-0.05, 0) is 49.1 Å². The number of piperidine rings is 1. The second kappa shape index (κ2) is 11.7. The number of oxazole rings is 1. The van der Waals surface area contributed by atoms with E-state index < -0.39 is 0 Å². The summed E-state index contributed by atoms with van der Waals surface area (Å²) in [4.78, 5) is 15.8. The van der Waals surface area contributed by atoms with Gasteiger partial charge in [-0.25, -0.2) is 9.97 Å². The fourth-order valence-corrected chi connectivity index (χ4v) is 3.55. The number of rotatable bonds is 6. The summed E-state index contributed by atoms with van der Waals surface area (Å²) in [7, 11) is 1.76. The van der Waals surface area contributed by atoms with Gasteiger partial charge in [-0.15, -0.1) is 24.0 Å². The second-order valence-corrected chi connectivity index (χ2v) is 7.36. The van der Waals surface area contributed by atoms with E-state index >= 15 is 0 Å². The van der Waals surface area contributed by atoms with Crippen molar-refractivity contribution in [2.75, 3.05) is 25.0 Å². The van der Waals surface area contributed by atoms with Gasteiger partial charge in [0.1, 0.15) is 12.1 Å². The molecule has 0 radical (unpaired) electrons. The molecule has 0 bridgehead atoms. The zero-order valence-electron chi connectivity index (χ0n) is 17.8. The number of aromatic nitrogens is 2. The number of halogens is 1. The van der Waals surface area contributed by atoms with Crippen molar-refractivity contribution in [2.24, 2.45) is 4.99 Å². The van der Waals surface area contributed by atoms with Gasteiger partial charge in [-0.3, -0.25) is 4.99 Å². The molecule has 1 fully saturated rings. The van der Waals surface area contributed by atoms with Crippen molar-refractivity contribution in [3.63, 3.8) is 0 Å². The maximum Gasteiger partial charge on any atom is 0.226 e. The molecule has 1 aliphatic heterocycles. The molecule has 1 aliphatic rings. The third-order valence-corrected chi connectivity index (χ3v) is 5.18. The van der Waals surface area contributed by atoms with Gasteiger partial charge in [0.25, 0.3) is 0 Å². The molecule has 0 unspecified atom stereocenters. The lowest BCUT2D eigenvalue weighted by Crippen LogP contribution is -2.36. The first-order valence-corrected chi connectivity index (χ1v) is 10.5. The predicted molar refractivity (Wildman–Crippen MR) is 135 cm³/mol. The normalized spacial score (nSPS) is 14.1. The van der Waals surface area contributed by atoms with Gasteiger partial charge >= 0.3 is 0 Å². The third-order valence-electron chi connectivity index (χ3n) is 5.18. The van der Waals surface area contributed by atoms with Crippen LogP contribution in [0.25, 0.3) is 11.5 Å². The van der Waals surface area contributed by atoms with E-state index in [9.17, 15) is 0 Å². The Morgan fingerprint density at radius 2 is 1.84 bits per heavy atom. The molecular weight excluding hydrogens is 503 g/mol. The van der Waals surface area contributed by atoms with E-state index in [0.717, 1.165) is 36.1 Å². The van der Waals surface area contributed by atoms with E-state index in [1.165, 1.54) is 24.8 Å². The first-order valence-electron chi connectivity index (χ1n) is 10.5. The maximum absolute atomic E-state index is 5.59. The average Bonchev–Trinajstić information content (AvgIpc) is 3.30. The lowest BCUT2D eigenvalue weighted by Gasteiger charge is -2.28. The average molecular weight is 532 g/mol. The molecule has 31 heavy (non-hydrogen) atoms. The molecule has 2 aromatic heterocycles. The van der Waals surface area contributed by atoms with Gasteiger partial charge in [0.05, 0.1) is 12.2 Å². The van der Waals surface area contributed by atoms with Crippen molar-refractivity contribution in [2.45, 2.75) is 32.4 Å². The number of nitrogens with zero attached hydrogens (tertiary/aromatic N) is 4. The van der Waals surface area contributed by atoms with Crippen LogP contribution in [0.1, 0.15) is 30.5 Å². The van der Waals surface area contributed by atoms with Crippen LogP contribution in [0.3, 0.4) is 0 Å². The van der Waals surface area contributed by atoms with Crippen molar-refractivity contribution >= 4 is 35.8 Å². The smallest absolute Gasteiger partial charge is 0.226 e. The Morgan fingerprint density at radius 3 is 2.61 bits per heavy atom. The van der Waals surface area contributed by atoms with Crippen LogP contribution in [0.2, 0.25) is 0 Å². The maximum atomic E-state index is 5.59. The highest BCUT2D eigenvalue weighted by molar-refractivity contribution is 14.0. The predicted octanol–water partition coefficient (Wildman–Crippen LogP) is 4.21. The molecule has 8 heteroatoms. The van der Waals surface area contributed by atoms with Gasteiger partial charge < -0.3 is 20.0 Å². The Balaban J connectivity index is 0.00000272. The molecule has 3 heterocycles. The van der Waals surface area contributed by atoms with E-state index in [2.05, 4.69) is 36.6 Å². The van der Waals surface area contributed by atoms with E-state index in [-0.39, 0.29) is 24.0 Å². The molecule has 2 N–H and O–H groups in total. The summed E-state index contributed by atoms with van der Waals surface area (Å²) >= 11 is 0. The number of hydrogen-bond donors (Lipinski definition) is 2. The second-order valence-electron chi connectivity index (χ2n) is 7.36. The summed E-state index contributed by atoms with van der Waals surface area (Å²) in [5, 5.41) is 6.65. The highest BCUT2D eigenvalue weighted by Gasteiger charge is 2.12. The molecule has 164 valence electrons. The van der Waals surface area contributed by atoms with E-state index in [0.29, 0.717) is 19.0 Å². The highest BCUT2D eigenvalue weighted by atomic mass is 127. The highest BCUT2D eigenvalue weighted by Crippen LogP contribution is 2.19. The largest absolute Gasteiger partial charge is 0.444 e. The quantitative estimate of drug-likeness (QED) is 0.282. The minimum Gasteiger partial charge on any atom is -0.444 e. The van der Waals surface area contributed by atoms with Gasteiger partial charge in [0, 0.05) is 38.4 Å². The Labute approximate surface area is 200 Å². The molecule has 0 saturated carbocycles. The summed E-state index contributed by atoms with van der Waals surface area (Å²) in [6.45, 7) is 3.40. The summed E-state index contributed by atoms with van der Waals surface area (Å²) in [5.74, 6) is 2.40. The molecule has 1 aromatic carbocycles. The number of pyridine rings is 1. The molecule has 0 spiro atoms. The minimum atomic E-state index is 0. The fraction of sp³-hybridized carbons (Fsp3) is 0.348. The fourth-order valence-electron chi connectivity index (χ4n) is 3.55. The third kappa shape index (κ3) is 6.43. The summed E-state index contributed by atoms with van der Waals surface area (Å²) in [5.41, 5.74) is 2.97. The number of guanidine groups is 1. The Bertz CT molecular complexity index is 969. The van der Waals surface area contributed by atoms with Crippen LogP contribution in [0.4, 0.5) is 5.82 Å². The van der Waals surface area contributed by atoms with E-state index in [1.54, 1.807) is 13.3 Å². The van der Waals surface area contributed by atoms with Gasteiger partial charge in [-0.1, -0.05) is 18.2 Å². The van der Waals surface area contributed by atoms with Crippen molar-refractivity contribution < 1.29 is 4.42 Å². The first kappa shape index (κ1) is 23.1. The number of hydrogen-bond acceptors (Lipinski definition) is 5. The number of anilines is 1. The van der Waals surface area contributed by atoms with Crippen LogP contribution in [0, 0.1) is 0 Å². The zero-order chi connectivity index (χ0) is 20.6. The number of nitrogens with one attached hydrogen (secondary N) is 2. The molecule has 4 rings (SSSR count). The SMILES string of the molecule is CN=C(NCc1ccnc(N2CCCCC2)c1)NCc1coc(-c2ccccc2)n1.I. The zero-order valence-corrected chi connectivity index (χ0v) is 20.1. The first-order chi connectivity index (χ1) is 14.8. The Morgan fingerprint density at radius 1 is 1.06 bits per heavy atom. The number of aliphatic imine (C=N–C) groups is 1. The van der Waals surface area contributed by atoms with Crippen molar-refractivity contribution in [3.05, 3.63) is 66.2 Å². The van der Waals surface area contributed by atoms with Crippen LogP contribution in [-0.4, -0.2) is 36.1 Å². The van der Waals surface area contributed by atoms with Crippen LogP contribution in [0.15, 0.2) is 64.3 Å². The lowest BCUT2D eigenvalue weighted by molar-refractivity contribution is 0.572. The van der Waals surface area contributed by atoms with Crippen molar-refractivity contribution in [1.29, 1.82) is 0 Å². The lowest BCUT2D eigenvalue weighted by atomic mass is 10.1. The van der Waals surface area contributed by atoms with Gasteiger partial charge in [-0.2, -0.15) is 0 Å². The number of benzene rings is 1. The van der Waals surface area contributed by atoms with Crippen LogP contribution in [-0.2, 0) is 13.1 Å². The molecule has 0 aliphatic carbocycles. The van der Waals surface area contributed by atoms with Crippen molar-refractivity contribution in [3.8, 4) is 11.5 Å². The minimum absolute atomic E-state index is 0. The molecule has 3 aromatic rings. The van der Waals surface area contributed by atoms with E-state index in [4.69, 9.17) is 4.42 Å².